The van der Waals surface area contributed by atoms with Gasteiger partial charge in [-0.1, -0.05) is 40.6 Å². The molecule has 0 saturated heterocycles. The van der Waals surface area contributed by atoms with Crippen LogP contribution in [0.5, 0.6) is 0 Å². The molecule has 7 aromatic rings. The number of benzene rings is 4. The molecule has 3 heterocycles. The average molecular weight is 804 g/mol. The van der Waals surface area contributed by atoms with Crippen LogP contribution in [0.25, 0.3) is 55.2 Å². The lowest BCUT2D eigenvalue weighted by molar-refractivity contribution is 0.0781. The number of aromatic nitrogens is 3. The monoisotopic (exact) mass is 803 g/mol. The largest absolute Gasteiger partial charge is 0.386 e. The maximum Gasteiger partial charge on any atom is 0.250 e. The molecule has 0 bridgehead atoms. The molecule has 6 N–H and O–H groups in total. The summed E-state index contributed by atoms with van der Waals surface area (Å²) in [4.78, 5) is 24.6. The van der Waals surface area contributed by atoms with Crippen LogP contribution < -0.4 is 11.5 Å². The standard InChI is InChI=1S/C22H23N3O5S.C22H22N2O3/c1-11-19(12(2)30-24-11)13-8-16-15-7-6-14(22(3,4)27)10-18(15)25(31(5,28)29)20(16)17(9-13)21(23)26;1-11-20(12(2)27-24-11)14-9-17-16-6-5-15(22(3,4)26)7-13(16)8-18(17)19(10-14)21(23)25/h6-10,27H,1-5H3,(H2,23,26);5-7,9-10,26H,8H2,1-4H3,(H2,23,25). The van der Waals surface area contributed by atoms with Gasteiger partial charge in [-0.05, 0) is 137 Å². The summed E-state index contributed by atoms with van der Waals surface area (Å²) in [5, 5.41) is 29.9. The zero-order valence-electron chi connectivity index (χ0n) is 33.7. The van der Waals surface area contributed by atoms with Crippen LogP contribution in [-0.2, 0) is 27.6 Å². The summed E-state index contributed by atoms with van der Waals surface area (Å²) in [5.41, 5.74) is 20.5. The van der Waals surface area contributed by atoms with Crippen molar-refractivity contribution in [3.05, 3.63) is 117 Å². The van der Waals surface area contributed by atoms with Gasteiger partial charge in [0.15, 0.2) is 0 Å². The highest BCUT2D eigenvalue weighted by atomic mass is 32.2. The number of fused-ring (bicyclic) bond motifs is 6. The van der Waals surface area contributed by atoms with Crippen molar-refractivity contribution in [1.29, 1.82) is 0 Å². The van der Waals surface area contributed by atoms with Crippen LogP contribution in [0, 0.1) is 27.7 Å². The van der Waals surface area contributed by atoms with Crippen LogP contribution in [0.1, 0.15) is 93.6 Å². The van der Waals surface area contributed by atoms with E-state index < -0.39 is 33.0 Å². The van der Waals surface area contributed by atoms with Crippen molar-refractivity contribution in [2.75, 3.05) is 6.26 Å². The van der Waals surface area contributed by atoms with Crippen molar-refractivity contribution >= 4 is 43.6 Å². The van der Waals surface area contributed by atoms with Crippen LogP contribution in [0.4, 0.5) is 0 Å². The third kappa shape index (κ3) is 6.86. The lowest BCUT2D eigenvalue weighted by Gasteiger charge is -2.18. The summed E-state index contributed by atoms with van der Waals surface area (Å²) in [5.74, 6) is 0.0753. The van der Waals surface area contributed by atoms with Crippen LogP contribution in [-0.4, -0.2) is 51.0 Å². The first-order valence-corrected chi connectivity index (χ1v) is 20.4. The molecule has 0 saturated carbocycles. The third-order valence-electron chi connectivity index (χ3n) is 10.8. The minimum atomic E-state index is -3.82. The molecule has 2 amide bonds. The number of primary amides is 2. The average Bonchev–Trinajstić information content (AvgIpc) is 3.86. The van der Waals surface area contributed by atoms with Gasteiger partial charge in [0.25, 0.3) is 5.91 Å². The number of carbonyl (C=O) groups excluding carboxylic acids is 2. The van der Waals surface area contributed by atoms with Crippen LogP contribution in [0.15, 0.2) is 69.7 Å². The van der Waals surface area contributed by atoms with Gasteiger partial charge in [-0.15, -0.1) is 0 Å². The lowest BCUT2D eigenvalue weighted by Crippen LogP contribution is -2.17. The number of rotatable bonds is 7. The molecule has 0 fully saturated rings. The molecular formula is C44H45N5O8S. The summed E-state index contributed by atoms with van der Waals surface area (Å²) >= 11 is 0. The highest BCUT2D eigenvalue weighted by Gasteiger charge is 2.29. The van der Waals surface area contributed by atoms with Crippen molar-refractivity contribution in [3.8, 4) is 33.4 Å². The molecule has 13 nitrogen and oxygen atoms in total. The van der Waals surface area contributed by atoms with Gasteiger partial charge in [0.2, 0.25) is 15.9 Å². The predicted molar refractivity (Wildman–Crippen MR) is 222 cm³/mol. The number of aliphatic hydroxyl groups is 2. The Morgan fingerprint density at radius 1 is 0.707 bits per heavy atom. The van der Waals surface area contributed by atoms with E-state index in [0.29, 0.717) is 56.6 Å². The normalized spacial score (nSPS) is 12.7. The topological polar surface area (TPSA) is 218 Å². The molecule has 14 heteroatoms. The number of amides is 2. The molecule has 300 valence electrons. The van der Waals surface area contributed by atoms with Crippen LogP contribution in [0.3, 0.4) is 0 Å². The molecule has 0 aliphatic heterocycles. The van der Waals surface area contributed by atoms with Crippen molar-refractivity contribution in [2.24, 2.45) is 11.5 Å². The minimum absolute atomic E-state index is 0.0685. The van der Waals surface area contributed by atoms with E-state index in [9.17, 15) is 28.2 Å². The maximum atomic E-state index is 12.8. The van der Waals surface area contributed by atoms with Crippen molar-refractivity contribution in [3.63, 3.8) is 0 Å². The fourth-order valence-corrected chi connectivity index (χ4v) is 9.03. The Hall–Kier alpha value is -6.09. The highest BCUT2D eigenvalue weighted by Crippen LogP contribution is 2.44. The van der Waals surface area contributed by atoms with Gasteiger partial charge in [-0.2, -0.15) is 0 Å². The number of hydrogen-bond acceptors (Lipinski definition) is 10. The first kappa shape index (κ1) is 40.1. The molecule has 0 spiro atoms. The number of hydrogen-bond donors (Lipinski definition) is 4. The number of nitrogens with two attached hydrogens (primary N) is 2. The Morgan fingerprint density at radius 2 is 1.22 bits per heavy atom. The summed E-state index contributed by atoms with van der Waals surface area (Å²) < 4.78 is 37.3. The molecular weight excluding hydrogens is 759 g/mol. The second-order valence-corrected chi connectivity index (χ2v) is 17.9. The molecule has 3 aromatic heterocycles. The Kier molecular flexibility index (Phi) is 9.54. The molecule has 0 unspecified atom stereocenters. The van der Waals surface area contributed by atoms with Crippen LogP contribution >= 0.6 is 0 Å². The fraction of sp³-hybridized carbons (Fsp3) is 0.273. The van der Waals surface area contributed by atoms with E-state index >= 15 is 0 Å². The van der Waals surface area contributed by atoms with Gasteiger partial charge < -0.3 is 30.7 Å². The number of carbonyl (C=O) groups is 2. The molecule has 0 radical (unpaired) electrons. The zero-order valence-corrected chi connectivity index (χ0v) is 34.5. The van der Waals surface area contributed by atoms with E-state index in [-0.39, 0.29) is 11.1 Å². The fourth-order valence-electron chi connectivity index (χ4n) is 7.99. The Balaban J connectivity index is 0.000000178. The maximum absolute atomic E-state index is 12.8. The van der Waals surface area contributed by atoms with E-state index in [1.165, 1.54) is 0 Å². The molecule has 1 aliphatic rings. The van der Waals surface area contributed by atoms with Gasteiger partial charge in [0.1, 0.15) is 11.5 Å². The second kappa shape index (κ2) is 13.8. The van der Waals surface area contributed by atoms with Crippen molar-refractivity contribution < 1.29 is 37.3 Å². The van der Waals surface area contributed by atoms with Crippen LogP contribution in [0.2, 0.25) is 0 Å². The minimum Gasteiger partial charge on any atom is -0.386 e. The SMILES string of the molecule is Cc1noc(C)c1-c1cc(C(N)=O)c2c(c1)-c1ccc(C(C)(C)O)cc1C2.Cc1noc(C)c1-c1cc(C(N)=O)c2c(c1)c1ccc(C(C)(C)O)cc1n2S(C)(=O)=O. The number of aryl methyl sites for hydroxylation is 4. The number of nitrogens with zero attached hydrogens (tertiary/aromatic N) is 3. The van der Waals surface area contributed by atoms with Gasteiger partial charge in [0, 0.05) is 27.5 Å². The van der Waals surface area contributed by atoms with Gasteiger partial charge in [-0.25, -0.2) is 12.4 Å². The molecule has 0 atom stereocenters. The van der Waals surface area contributed by atoms with E-state index in [4.69, 9.17) is 20.5 Å². The van der Waals surface area contributed by atoms with Crippen molar-refractivity contribution in [1.82, 2.24) is 14.3 Å². The highest BCUT2D eigenvalue weighted by molar-refractivity contribution is 7.89. The summed E-state index contributed by atoms with van der Waals surface area (Å²) in [6.45, 7) is 14.1. The lowest BCUT2D eigenvalue weighted by atomic mass is 9.92. The van der Waals surface area contributed by atoms with Gasteiger partial charge in [0.05, 0.1) is 45.4 Å². The van der Waals surface area contributed by atoms with Gasteiger partial charge in [-0.3, -0.25) is 9.59 Å². The van der Waals surface area contributed by atoms with E-state index in [1.54, 1.807) is 65.8 Å². The van der Waals surface area contributed by atoms with Gasteiger partial charge >= 0.3 is 0 Å². The first-order chi connectivity index (χ1) is 27.0. The summed E-state index contributed by atoms with van der Waals surface area (Å²) in [7, 11) is -3.82. The second-order valence-electron chi connectivity index (χ2n) is 16.0. The quantitative estimate of drug-likeness (QED) is 0.129. The molecule has 58 heavy (non-hydrogen) atoms. The van der Waals surface area contributed by atoms with E-state index in [2.05, 4.69) is 16.4 Å². The molecule has 4 aromatic carbocycles. The predicted octanol–water partition coefficient (Wildman–Crippen LogP) is 7.06. The molecule has 1 aliphatic carbocycles. The Morgan fingerprint density at radius 3 is 1.72 bits per heavy atom. The van der Waals surface area contributed by atoms with Crippen molar-refractivity contribution in [2.45, 2.75) is 73.0 Å². The summed E-state index contributed by atoms with van der Waals surface area (Å²) in [6.07, 6.45) is 1.68. The Bertz CT molecular complexity index is 2940. The third-order valence-corrected chi connectivity index (χ3v) is 11.8. The Labute approximate surface area is 335 Å². The summed E-state index contributed by atoms with van der Waals surface area (Å²) in [6, 6.07) is 18.3. The molecule has 8 rings (SSSR count). The van der Waals surface area contributed by atoms with E-state index in [1.807, 2.05) is 44.2 Å². The first-order valence-electron chi connectivity index (χ1n) is 18.5. The zero-order chi connectivity index (χ0) is 42.4. The smallest absolute Gasteiger partial charge is 0.250 e. The van der Waals surface area contributed by atoms with E-state index in [0.717, 1.165) is 60.4 Å².